The van der Waals surface area contributed by atoms with E-state index in [1.54, 1.807) is 0 Å². The van der Waals surface area contributed by atoms with Crippen LogP contribution < -0.4 is 4.89 Å². The first-order valence-electron chi connectivity index (χ1n) is 5.44. The smallest absolute Gasteiger partial charge is 0.135 e. The monoisotopic (exact) mass is 245 g/mol. The SMILES string of the molecule is [B][C@@H]1O[C@@H]2CCP(=O)([O-])O[C@H]1C2OC(C)C. The summed E-state index contributed by atoms with van der Waals surface area (Å²) in [6.07, 6.45) is -1.04. The number of hydrogen-bond acceptors (Lipinski definition) is 5. The molecule has 0 aromatic rings. The van der Waals surface area contributed by atoms with Crippen molar-refractivity contribution in [1.29, 1.82) is 0 Å². The molecule has 2 heterocycles. The van der Waals surface area contributed by atoms with E-state index in [9.17, 15) is 9.46 Å². The summed E-state index contributed by atoms with van der Waals surface area (Å²) in [7, 11) is 1.91. The Hall–Kier alpha value is 0.135. The molecule has 0 aliphatic carbocycles. The summed E-state index contributed by atoms with van der Waals surface area (Å²) < 4.78 is 27.6. The largest absolute Gasteiger partial charge is 0.778 e. The van der Waals surface area contributed by atoms with Crippen LogP contribution in [0.15, 0.2) is 0 Å². The normalized spacial score (nSPS) is 48.2. The summed E-state index contributed by atoms with van der Waals surface area (Å²) >= 11 is 0. The molecule has 2 saturated heterocycles. The van der Waals surface area contributed by atoms with Crippen LogP contribution in [-0.4, -0.2) is 44.4 Å². The Morgan fingerprint density at radius 2 is 2.25 bits per heavy atom. The van der Waals surface area contributed by atoms with Crippen LogP contribution in [-0.2, 0) is 18.6 Å². The van der Waals surface area contributed by atoms with Gasteiger partial charge >= 0.3 is 0 Å². The number of rotatable bonds is 2. The highest BCUT2D eigenvalue weighted by Crippen LogP contribution is 2.47. The maximum atomic E-state index is 11.5. The molecule has 5 atom stereocenters. The molecule has 2 radical (unpaired) electrons. The van der Waals surface area contributed by atoms with E-state index in [1.165, 1.54) is 0 Å². The van der Waals surface area contributed by atoms with Gasteiger partial charge in [-0.15, -0.1) is 0 Å². The third-order valence-corrected chi connectivity index (χ3v) is 4.12. The van der Waals surface area contributed by atoms with Gasteiger partial charge in [0.05, 0.1) is 12.2 Å². The summed E-state index contributed by atoms with van der Waals surface area (Å²) in [4.78, 5) is 11.5. The van der Waals surface area contributed by atoms with Crippen molar-refractivity contribution < 1.29 is 23.5 Å². The van der Waals surface area contributed by atoms with E-state index in [1.807, 2.05) is 13.8 Å². The first-order chi connectivity index (χ1) is 7.39. The number of hydrogen-bond donors (Lipinski definition) is 0. The van der Waals surface area contributed by atoms with Gasteiger partial charge < -0.3 is 23.5 Å². The fourth-order valence-electron chi connectivity index (χ4n) is 2.11. The molecular formula is C9H15BO5P-. The Kier molecular flexibility index (Phi) is 3.48. The summed E-state index contributed by atoms with van der Waals surface area (Å²) in [5, 5.41) is 0. The number of ether oxygens (including phenoxy) is 2. The van der Waals surface area contributed by atoms with E-state index in [2.05, 4.69) is 0 Å². The van der Waals surface area contributed by atoms with Crippen LogP contribution in [0.4, 0.5) is 0 Å². The fraction of sp³-hybridized carbons (Fsp3) is 1.00. The minimum absolute atomic E-state index is 0.0150. The summed E-state index contributed by atoms with van der Waals surface area (Å²) in [5.74, 6) is 0. The van der Waals surface area contributed by atoms with E-state index in [4.69, 9.17) is 21.8 Å². The Balaban J connectivity index is 2.17. The van der Waals surface area contributed by atoms with Gasteiger partial charge in [-0.2, -0.15) is 0 Å². The highest BCUT2D eigenvalue weighted by molar-refractivity contribution is 7.51. The Bertz CT molecular complexity index is 310. The molecule has 2 unspecified atom stereocenters. The lowest BCUT2D eigenvalue weighted by molar-refractivity contribution is -0.205. The van der Waals surface area contributed by atoms with E-state index in [-0.39, 0.29) is 24.5 Å². The van der Waals surface area contributed by atoms with Crippen molar-refractivity contribution in [3.05, 3.63) is 0 Å². The van der Waals surface area contributed by atoms with Crippen LogP contribution in [0.1, 0.15) is 20.3 Å². The zero-order valence-corrected chi connectivity index (χ0v) is 10.3. The van der Waals surface area contributed by atoms with E-state index >= 15 is 0 Å². The first-order valence-corrected chi connectivity index (χ1v) is 7.17. The summed E-state index contributed by atoms with van der Waals surface area (Å²) in [5.41, 5.74) is 0. The predicted octanol–water partition coefficient (Wildman–Crippen LogP) is 0.0157. The van der Waals surface area contributed by atoms with Gasteiger partial charge in [0, 0.05) is 12.2 Å². The van der Waals surface area contributed by atoms with Crippen molar-refractivity contribution in [2.45, 2.75) is 50.7 Å². The van der Waals surface area contributed by atoms with Gasteiger partial charge in [0.25, 0.3) is 0 Å². The van der Waals surface area contributed by atoms with Crippen LogP contribution in [0.3, 0.4) is 0 Å². The highest BCUT2D eigenvalue weighted by Gasteiger charge is 2.47. The fourth-order valence-corrected chi connectivity index (χ4v) is 3.40. The maximum absolute atomic E-state index is 11.5. The Morgan fingerprint density at radius 1 is 1.56 bits per heavy atom. The lowest BCUT2D eigenvalue weighted by Crippen LogP contribution is -2.37. The molecule has 2 aliphatic rings. The molecular weight excluding hydrogens is 230 g/mol. The average molecular weight is 245 g/mol. The van der Waals surface area contributed by atoms with Crippen molar-refractivity contribution in [1.82, 2.24) is 0 Å². The average Bonchev–Trinajstić information content (AvgIpc) is 2.34. The van der Waals surface area contributed by atoms with Crippen LogP contribution in [0, 0.1) is 0 Å². The second-order valence-electron chi connectivity index (χ2n) is 4.48. The molecule has 0 amide bonds. The van der Waals surface area contributed by atoms with Gasteiger partial charge in [-0.25, -0.2) is 0 Å². The summed E-state index contributed by atoms with van der Waals surface area (Å²) in [6, 6.07) is -0.726. The van der Waals surface area contributed by atoms with Gasteiger partial charge in [0.1, 0.15) is 27.6 Å². The van der Waals surface area contributed by atoms with Crippen molar-refractivity contribution in [2.75, 3.05) is 6.16 Å². The molecule has 0 aromatic heterocycles. The van der Waals surface area contributed by atoms with Crippen molar-refractivity contribution in [3.8, 4) is 0 Å². The first kappa shape index (κ1) is 12.6. The molecule has 2 bridgehead atoms. The number of fused-ring (bicyclic) bond motifs is 2. The molecule has 0 spiro atoms. The third kappa shape index (κ3) is 2.52. The molecule has 2 aliphatic heterocycles. The maximum Gasteiger partial charge on any atom is 0.135 e. The molecule has 2 rings (SSSR count). The molecule has 0 aromatic carbocycles. The van der Waals surface area contributed by atoms with Crippen molar-refractivity contribution >= 4 is 15.4 Å². The van der Waals surface area contributed by atoms with E-state index < -0.39 is 19.7 Å². The zero-order valence-electron chi connectivity index (χ0n) is 9.37. The molecule has 2 fully saturated rings. The van der Waals surface area contributed by atoms with Crippen LogP contribution in [0.2, 0.25) is 0 Å². The van der Waals surface area contributed by atoms with E-state index in [0.29, 0.717) is 6.42 Å². The Morgan fingerprint density at radius 3 is 2.88 bits per heavy atom. The quantitative estimate of drug-likeness (QED) is 0.506. The molecule has 5 nitrogen and oxygen atoms in total. The van der Waals surface area contributed by atoms with Gasteiger partial charge in [-0.1, -0.05) is 0 Å². The minimum atomic E-state index is -3.78. The molecule has 0 N–H and O–H groups in total. The van der Waals surface area contributed by atoms with Crippen molar-refractivity contribution in [3.63, 3.8) is 0 Å². The van der Waals surface area contributed by atoms with Gasteiger partial charge in [-0.3, -0.25) is 0 Å². The lowest BCUT2D eigenvalue weighted by Gasteiger charge is -2.29. The van der Waals surface area contributed by atoms with Crippen LogP contribution >= 0.6 is 7.60 Å². The van der Waals surface area contributed by atoms with Crippen molar-refractivity contribution in [2.24, 2.45) is 0 Å². The Labute approximate surface area is 96.4 Å². The topological polar surface area (TPSA) is 67.8 Å². The standard InChI is InChI=1S/C9H16BO5P/c1-5(2)13-7-6-3-4-16(11,12)15-8(7)9(10)14-6/h5-9H,3-4H2,1-2H3,(H,11,12)/p-1/t6-,7?,8+,9-/m1/s1. The minimum Gasteiger partial charge on any atom is -0.778 e. The van der Waals surface area contributed by atoms with Crippen LogP contribution in [0.25, 0.3) is 0 Å². The summed E-state index contributed by atoms with van der Waals surface area (Å²) in [6.45, 7) is 3.76. The predicted molar refractivity (Wildman–Crippen MR) is 56.4 cm³/mol. The lowest BCUT2D eigenvalue weighted by atomic mass is 9.92. The third-order valence-electron chi connectivity index (χ3n) is 2.75. The molecule has 16 heavy (non-hydrogen) atoms. The van der Waals surface area contributed by atoms with E-state index in [0.717, 1.165) is 0 Å². The van der Waals surface area contributed by atoms with Gasteiger partial charge in [0.2, 0.25) is 0 Å². The van der Waals surface area contributed by atoms with Crippen LogP contribution in [0.5, 0.6) is 0 Å². The van der Waals surface area contributed by atoms with Gasteiger partial charge in [-0.05, 0) is 20.3 Å². The molecule has 90 valence electrons. The second-order valence-corrected chi connectivity index (χ2v) is 6.36. The zero-order chi connectivity index (χ0) is 11.9. The van der Waals surface area contributed by atoms with Gasteiger partial charge in [0.15, 0.2) is 0 Å². The second kappa shape index (κ2) is 4.43. The molecule has 7 heteroatoms. The highest BCUT2D eigenvalue weighted by atomic mass is 31.2. The molecule has 0 saturated carbocycles.